The molecule has 3 aromatic carbocycles. The molecule has 2 N–H and O–H groups in total. The summed E-state index contributed by atoms with van der Waals surface area (Å²) in [5.74, 6) is -0.448. The van der Waals surface area contributed by atoms with Crippen molar-refractivity contribution < 1.29 is 24.2 Å². The van der Waals surface area contributed by atoms with Gasteiger partial charge in [-0.1, -0.05) is 60.7 Å². The first-order valence-electron chi connectivity index (χ1n) is 11.8. The highest BCUT2D eigenvalue weighted by atomic mass is 16.6. The van der Waals surface area contributed by atoms with E-state index in [-0.39, 0.29) is 19.1 Å². The van der Waals surface area contributed by atoms with E-state index in [9.17, 15) is 14.7 Å². The normalized spacial score (nSPS) is 13.5. The van der Waals surface area contributed by atoms with Crippen LogP contribution in [-0.2, 0) is 15.9 Å². The largest absolute Gasteiger partial charge is 0.456 e. The summed E-state index contributed by atoms with van der Waals surface area (Å²) in [6.07, 6.45) is -0.244. The number of aliphatic hydroxyl groups is 1. The topological polar surface area (TPSA) is 84.9 Å². The van der Waals surface area contributed by atoms with E-state index in [1.807, 2.05) is 51.1 Å². The lowest BCUT2D eigenvalue weighted by Gasteiger charge is -2.20. The van der Waals surface area contributed by atoms with Gasteiger partial charge in [0.15, 0.2) is 0 Å². The van der Waals surface area contributed by atoms with Crippen molar-refractivity contribution in [2.24, 2.45) is 0 Å². The maximum absolute atomic E-state index is 12.6. The van der Waals surface area contributed by atoms with E-state index >= 15 is 0 Å². The Bertz CT molecular complexity index is 1170. The number of benzene rings is 3. The number of nitrogens with one attached hydrogen (secondary N) is 1. The molecule has 182 valence electrons. The van der Waals surface area contributed by atoms with E-state index in [1.165, 1.54) is 0 Å². The Morgan fingerprint density at radius 1 is 0.943 bits per heavy atom. The first-order valence-corrected chi connectivity index (χ1v) is 11.8. The third-order valence-corrected chi connectivity index (χ3v) is 5.93. The maximum Gasteiger partial charge on any atom is 0.407 e. The zero-order valence-corrected chi connectivity index (χ0v) is 20.3. The molecule has 0 bridgehead atoms. The maximum atomic E-state index is 12.6. The predicted molar refractivity (Wildman–Crippen MR) is 134 cm³/mol. The Hall–Kier alpha value is -3.64. The van der Waals surface area contributed by atoms with E-state index < -0.39 is 23.7 Å². The molecule has 1 atom stereocenters. The molecule has 0 heterocycles. The van der Waals surface area contributed by atoms with E-state index in [4.69, 9.17) is 9.47 Å². The molecule has 0 saturated heterocycles. The number of aliphatic hydroxyl groups excluding tert-OH is 1. The van der Waals surface area contributed by atoms with E-state index in [1.54, 1.807) is 18.2 Å². The fourth-order valence-electron chi connectivity index (χ4n) is 4.41. The predicted octanol–water partition coefficient (Wildman–Crippen LogP) is 5.08. The average Bonchev–Trinajstić information content (AvgIpc) is 3.15. The number of rotatable bonds is 7. The summed E-state index contributed by atoms with van der Waals surface area (Å²) in [6.45, 7) is 5.38. The van der Waals surface area contributed by atoms with Crippen molar-refractivity contribution >= 4 is 12.1 Å². The van der Waals surface area contributed by atoms with Crippen molar-refractivity contribution in [1.29, 1.82) is 0 Å². The molecular weight excluding hydrogens is 442 g/mol. The average molecular weight is 474 g/mol. The first-order chi connectivity index (χ1) is 16.7. The van der Waals surface area contributed by atoms with Gasteiger partial charge in [-0.05, 0) is 67.1 Å². The summed E-state index contributed by atoms with van der Waals surface area (Å²) in [4.78, 5) is 25.0. The molecule has 1 amide bonds. The molecule has 4 rings (SSSR count). The Labute approximate surface area is 205 Å². The van der Waals surface area contributed by atoms with Crippen molar-refractivity contribution in [3.63, 3.8) is 0 Å². The van der Waals surface area contributed by atoms with Gasteiger partial charge < -0.3 is 19.9 Å². The monoisotopic (exact) mass is 473 g/mol. The highest BCUT2D eigenvalue weighted by Crippen LogP contribution is 2.44. The van der Waals surface area contributed by atoms with Crippen LogP contribution in [0.3, 0.4) is 0 Å². The fraction of sp³-hybridized carbons (Fsp3) is 0.310. The van der Waals surface area contributed by atoms with Gasteiger partial charge in [-0.3, -0.25) is 0 Å². The minimum atomic E-state index is -0.591. The third kappa shape index (κ3) is 5.89. The molecule has 0 unspecified atom stereocenters. The number of hydrogen-bond acceptors (Lipinski definition) is 5. The van der Waals surface area contributed by atoms with Gasteiger partial charge in [-0.2, -0.15) is 0 Å². The third-order valence-electron chi connectivity index (χ3n) is 5.93. The number of amides is 1. The Morgan fingerprint density at radius 3 is 2.17 bits per heavy atom. The number of hydrogen-bond donors (Lipinski definition) is 2. The lowest BCUT2D eigenvalue weighted by atomic mass is 9.98. The quantitative estimate of drug-likeness (QED) is 0.467. The second-order valence-electron chi connectivity index (χ2n) is 9.76. The van der Waals surface area contributed by atoms with Crippen LogP contribution in [0.1, 0.15) is 53.7 Å². The van der Waals surface area contributed by atoms with Crippen LogP contribution in [0.25, 0.3) is 11.1 Å². The fourth-order valence-corrected chi connectivity index (χ4v) is 4.41. The van der Waals surface area contributed by atoms with Gasteiger partial charge >= 0.3 is 12.1 Å². The van der Waals surface area contributed by atoms with Crippen molar-refractivity contribution in [2.45, 2.75) is 44.8 Å². The molecule has 1 aliphatic rings. The number of carbonyl (C=O) groups is 2. The molecule has 6 nitrogen and oxygen atoms in total. The lowest BCUT2D eigenvalue weighted by Crippen LogP contribution is -2.39. The smallest absolute Gasteiger partial charge is 0.407 e. The summed E-state index contributed by atoms with van der Waals surface area (Å²) < 4.78 is 11.0. The minimum absolute atomic E-state index is 0.0359. The summed E-state index contributed by atoms with van der Waals surface area (Å²) in [6, 6.07) is 22.8. The summed E-state index contributed by atoms with van der Waals surface area (Å²) >= 11 is 0. The first kappa shape index (κ1) is 24.5. The number of carbonyl (C=O) groups excluding carboxylic acids is 2. The van der Waals surface area contributed by atoms with Gasteiger partial charge in [0.1, 0.15) is 12.2 Å². The van der Waals surface area contributed by atoms with Crippen LogP contribution in [-0.4, -0.2) is 42.0 Å². The van der Waals surface area contributed by atoms with Crippen molar-refractivity contribution in [3.05, 3.63) is 95.1 Å². The van der Waals surface area contributed by atoms with Crippen molar-refractivity contribution in [3.8, 4) is 11.1 Å². The molecule has 0 saturated carbocycles. The van der Waals surface area contributed by atoms with Gasteiger partial charge in [-0.15, -0.1) is 0 Å². The van der Waals surface area contributed by atoms with Gasteiger partial charge in [0.25, 0.3) is 0 Å². The van der Waals surface area contributed by atoms with Crippen LogP contribution in [0.4, 0.5) is 4.79 Å². The van der Waals surface area contributed by atoms with Crippen molar-refractivity contribution in [1.82, 2.24) is 5.32 Å². The van der Waals surface area contributed by atoms with Crippen molar-refractivity contribution in [2.75, 3.05) is 13.2 Å². The van der Waals surface area contributed by atoms with Gasteiger partial charge in [0, 0.05) is 5.92 Å². The van der Waals surface area contributed by atoms with E-state index in [0.717, 1.165) is 27.8 Å². The second-order valence-corrected chi connectivity index (χ2v) is 9.76. The van der Waals surface area contributed by atoms with E-state index in [0.29, 0.717) is 12.0 Å². The number of alkyl carbamates (subject to hydrolysis) is 1. The molecule has 35 heavy (non-hydrogen) atoms. The van der Waals surface area contributed by atoms with Crippen LogP contribution in [0.5, 0.6) is 0 Å². The lowest BCUT2D eigenvalue weighted by molar-refractivity contribution is 0.00692. The molecule has 3 aromatic rings. The number of ether oxygens (including phenoxy) is 2. The highest BCUT2D eigenvalue weighted by molar-refractivity contribution is 5.89. The van der Waals surface area contributed by atoms with Gasteiger partial charge in [0.05, 0.1) is 18.2 Å². The van der Waals surface area contributed by atoms with Crippen LogP contribution in [0, 0.1) is 0 Å². The Balaban J connectivity index is 1.37. The molecule has 0 aromatic heterocycles. The number of fused-ring (bicyclic) bond motifs is 3. The van der Waals surface area contributed by atoms with Crippen LogP contribution in [0.2, 0.25) is 0 Å². The van der Waals surface area contributed by atoms with Crippen LogP contribution < -0.4 is 5.32 Å². The molecule has 6 heteroatoms. The van der Waals surface area contributed by atoms with Gasteiger partial charge in [-0.25, -0.2) is 9.59 Å². The summed E-state index contributed by atoms with van der Waals surface area (Å²) in [7, 11) is 0. The Kier molecular flexibility index (Phi) is 7.22. The van der Waals surface area contributed by atoms with Crippen LogP contribution >= 0.6 is 0 Å². The molecule has 0 spiro atoms. The zero-order valence-electron chi connectivity index (χ0n) is 20.3. The SMILES string of the molecule is CC(C)(C)OC(=O)c1cccc(C[C@H](CO)NC(=O)OCC2c3ccccc3-c3ccccc32)c1. The highest BCUT2D eigenvalue weighted by Gasteiger charge is 2.29. The summed E-state index contributed by atoms with van der Waals surface area (Å²) in [5.41, 5.74) is 5.23. The Morgan fingerprint density at radius 2 is 1.57 bits per heavy atom. The van der Waals surface area contributed by atoms with Crippen LogP contribution in [0.15, 0.2) is 72.8 Å². The molecule has 0 aliphatic heterocycles. The standard InChI is InChI=1S/C29H31NO5/c1-29(2,3)35-27(32)20-10-8-9-19(15-20)16-21(17-31)30-28(33)34-18-26-24-13-6-4-11-22(24)23-12-5-7-14-25(23)26/h4-15,21,26,31H,16-18H2,1-3H3,(H,30,33)/t21-/m1/s1. The second kappa shape index (κ2) is 10.3. The zero-order chi connectivity index (χ0) is 25.0. The summed E-state index contributed by atoms with van der Waals surface area (Å²) in [5, 5.41) is 12.6. The van der Waals surface area contributed by atoms with E-state index in [2.05, 4.69) is 29.6 Å². The molecule has 0 fully saturated rings. The van der Waals surface area contributed by atoms with Gasteiger partial charge in [0.2, 0.25) is 0 Å². The number of esters is 1. The molecular formula is C29H31NO5. The minimum Gasteiger partial charge on any atom is -0.456 e. The molecule has 0 radical (unpaired) electrons. The molecule has 1 aliphatic carbocycles.